The molecular formula is C26H30F3N3O3. The summed E-state index contributed by atoms with van der Waals surface area (Å²) in [6.07, 6.45) is -4.20. The fraction of sp³-hybridized carbons (Fsp3) is 0.423. The molecule has 6 nitrogen and oxygen atoms in total. The van der Waals surface area contributed by atoms with Gasteiger partial charge in [0.05, 0.1) is 18.7 Å². The predicted molar refractivity (Wildman–Crippen MR) is 129 cm³/mol. The zero-order valence-electron chi connectivity index (χ0n) is 19.8. The number of pyridine rings is 1. The lowest BCUT2D eigenvalue weighted by molar-refractivity contribution is -0.149. The Labute approximate surface area is 202 Å². The first-order valence-corrected chi connectivity index (χ1v) is 11.8. The van der Waals surface area contributed by atoms with Gasteiger partial charge in [-0.2, -0.15) is 13.2 Å². The number of ether oxygens (including phenoxy) is 2. The van der Waals surface area contributed by atoms with Gasteiger partial charge in [0, 0.05) is 57.5 Å². The van der Waals surface area contributed by atoms with E-state index in [1.165, 1.54) is 4.90 Å². The minimum atomic E-state index is -4.20. The van der Waals surface area contributed by atoms with Crippen LogP contribution in [0.2, 0.25) is 0 Å². The molecule has 9 heteroatoms. The van der Waals surface area contributed by atoms with E-state index in [1.807, 2.05) is 66.4 Å². The quantitative estimate of drug-likeness (QED) is 0.414. The van der Waals surface area contributed by atoms with E-state index in [1.54, 1.807) is 4.57 Å². The van der Waals surface area contributed by atoms with E-state index in [2.05, 4.69) is 0 Å². The van der Waals surface area contributed by atoms with Crippen LogP contribution in [0.4, 0.5) is 13.2 Å². The molecule has 1 saturated heterocycles. The van der Waals surface area contributed by atoms with E-state index in [9.17, 15) is 18.0 Å². The van der Waals surface area contributed by atoms with Gasteiger partial charge in [-0.05, 0) is 42.6 Å². The van der Waals surface area contributed by atoms with Crippen molar-refractivity contribution in [3.8, 4) is 11.5 Å². The second kappa shape index (κ2) is 11.2. The second-order valence-electron chi connectivity index (χ2n) is 8.63. The van der Waals surface area contributed by atoms with Crippen LogP contribution in [0.5, 0.6) is 11.5 Å². The third kappa shape index (κ3) is 6.84. The van der Waals surface area contributed by atoms with Gasteiger partial charge in [-0.3, -0.25) is 14.6 Å². The summed E-state index contributed by atoms with van der Waals surface area (Å²) in [5.41, 5.74) is 1.25. The van der Waals surface area contributed by atoms with Gasteiger partial charge < -0.3 is 14.0 Å². The molecule has 0 unspecified atom stereocenters. The van der Waals surface area contributed by atoms with Crippen LogP contribution >= 0.6 is 0 Å². The van der Waals surface area contributed by atoms with E-state index in [0.717, 1.165) is 10.9 Å². The molecule has 0 saturated carbocycles. The number of fused-ring (bicyclic) bond motifs is 1. The van der Waals surface area contributed by atoms with E-state index < -0.39 is 12.7 Å². The van der Waals surface area contributed by atoms with Gasteiger partial charge in [0.2, 0.25) is 0 Å². The first-order chi connectivity index (χ1) is 16.8. The summed E-state index contributed by atoms with van der Waals surface area (Å²) < 4.78 is 51.2. The number of piperazine rings is 1. The van der Waals surface area contributed by atoms with E-state index in [4.69, 9.17) is 9.47 Å². The number of nitrogens with zero attached hydrogens (tertiary/aromatic N) is 3. The minimum absolute atomic E-state index is 0.119. The molecule has 1 aliphatic heterocycles. The SMILES string of the molecule is CCOCCn1c(=O)c(CN2CCN(CC(F)(F)F)CC2)cc2ccc(Oc3ccccc3)cc21. The molecule has 188 valence electrons. The topological polar surface area (TPSA) is 46.9 Å². The highest BCUT2D eigenvalue weighted by atomic mass is 19.4. The summed E-state index contributed by atoms with van der Waals surface area (Å²) in [5, 5.41) is 0.896. The van der Waals surface area contributed by atoms with Gasteiger partial charge in [0.25, 0.3) is 5.56 Å². The minimum Gasteiger partial charge on any atom is -0.457 e. The van der Waals surface area contributed by atoms with Crippen LogP contribution in [0.25, 0.3) is 10.9 Å². The normalized spacial score (nSPS) is 15.5. The van der Waals surface area contributed by atoms with Crippen LogP contribution in [0.3, 0.4) is 0 Å². The lowest BCUT2D eigenvalue weighted by Crippen LogP contribution is -2.49. The third-order valence-corrected chi connectivity index (χ3v) is 6.05. The maximum atomic E-state index is 13.5. The van der Waals surface area contributed by atoms with Crippen LogP contribution in [0, 0.1) is 0 Å². The van der Waals surface area contributed by atoms with Crippen molar-refractivity contribution in [3.05, 3.63) is 70.5 Å². The van der Waals surface area contributed by atoms with E-state index >= 15 is 0 Å². The molecule has 0 bridgehead atoms. The Hall–Kier alpha value is -2.88. The van der Waals surface area contributed by atoms with E-state index in [0.29, 0.717) is 69.5 Å². The van der Waals surface area contributed by atoms with Gasteiger partial charge in [0.15, 0.2) is 0 Å². The number of hydrogen-bond donors (Lipinski definition) is 0. The molecular weight excluding hydrogens is 459 g/mol. The molecule has 0 aliphatic carbocycles. The Kier molecular flexibility index (Phi) is 8.10. The zero-order chi connectivity index (χ0) is 24.8. The van der Waals surface area contributed by atoms with Gasteiger partial charge in [-0.25, -0.2) is 0 Å². The Morgan fingerprint density at radius 3 is 2.31 bits per heavy atom. The van der Waals surface area contributed by atoms with Crippen molar-refractivity contribution in [2.24, 2.45) is 0 Å². The number of benzene rings is 2. The van der Waals surface area contributed by atoms with Crippen molar-refractivity contribution >= 4 is 10.9 Å². The molecule has 0 spiro atoms. The maximum absolute atomic E-state index is 13.5. The number of hydrogen-bond acceptors (Lipinski definition) is 5. The van der Waals surface area contributed by atoms with Crippen molar-refractivity contribution in [2.75, 3.05) is 45.9 Å². The molecule has 1 fully saturated rings. The number of aromatic nitrogens is 1. The first-order valence-electron chi connectivity index (χ1n) is 11.8. The largest absolute Gasteiger partial charge is 0.457 e. The molecule has 3 aromatic rings. The summed E-state index contributed by atoms with van der Waals surface area (Å²) in [5.74, 6) is 1.33. The Morgan fingerprint density at radius 1 is 0.914 bits per heavy atom. The van der Waals surface area contributed by atoms with Crippen LogP contribution in [0.1, 0.15) is 12.5 Å². The van der Waals surface area contributed by atoms with Crippen LogP contribution in [0.15, 0.2) is 59.4 Å². The summed E-state index contributed by atoms with van der Waals surface area (Å²) >= 11 is 0. The van der Waals surface area contributed by atoms with Crippen LogP contribution < -0.4 is 10.3 Å². The summed E-state index contributed by atoms with van der Waals surface area (Å²) in [4.78, 5) is 16.9. The van der Waals surface area contributed by atoms with Gasteiger partial charge in [-0.15, -0.1) is 0 Å². The highest BCUT2D eigenvalue weighted by Crippen LogP contribution is 2.26. The number of rotatable bonds is 9. The van der Waals surface area contributed by atoms with Gasteiger partial charge >= 0.3 is 6.18 Å². The highest BCUT2D eigenvalue weighted by Gasteiger charge is 2.32. The smallest absolute Gasteiger partial charge is 0.401 e. The van der Waals surface area contributed by atoms with Crippen molar-refractivity contribution < 1.29 is 22.6 Å². The Bertz CT molecular complexity index is 1170. The van der Waals surface area contributed by atoms with E-state index in [-0.39, 0.29) is 5.56 Å². The molecule has 0 amide bonds. The summed E-state index contributed by atoms with van der Waals surface area (Å²) in [6, 6.07) is 17.0. The summed E-state index contributed by atoms with van der Waals surface area (Å²) in [7, 11) is 0. The monoisotopic (exact) mass is 489 g/mol. The van der Waals surface area contributed by atoms with Crippen LogP contribution in [-0.4, -0.2) is 66.5 Å². The Balaban J connectivity index is 1.57. The first kappa shape index (κ1) is 25.2. The van der Waals surface area contributed by atoms with Crippen LogP contribution in [-0.2, 0) is 17.8 Å². The molecule has 0 N–H and O–H groups in total. The zero-order valence-corrected chi connectivity index (χ0v) is 19.8. The number of para-hydroxylation sites is 1. The second-order valence-corrected chi connectivity index (χ2v) is 8.63. The standard InChI is InChI=1S/C26H30F3N3O3/c1-2-34-15-14-32-24-17-23(35-22-6-4-3-5-7-22)9-8-20(24)16-21(25(32)33)18-30-10-12-31(13-11-30)19-26(27,28)29/h3-9,16-17H,2,10-15,18-19H2,1H3. The fourth-order valence-electron chi connectivity index (χ4n) is 4.34. The van der Waals surface area contributed by atoms with Gasteiger partial charge in [-0.1, -0.05) is 18.2 Å². The molecule has 0 atom stereocenters. The van der Waals surface area contributed by atoms with Crippen molar-refractivity contribution in [1.29, 1.82) is 0 Å². The predicted octanol–water partition coefficient (Wildman–Crippen LogP) is 4.51. The third-order valence-electron chi connectivity index (χ3n) is 6.05. The Morgan fingerprint density at radius 2 is 1.63 bits per heavy atom. The average Bonchev–Trinajstić information content (AvgIpc) is 2.82. The van der Waals surface area contributed by atoms with Crippen molar-refractivity contribution in [1.82, 2.24) is 14.4 Å². The molecule has 1 aromatic heterocycles. The van der Waals surface area contributed by atoms with Crippen molar-refractivity contribution in [3.63, 3.8) is 0 Å². The molecule has 2 aromatic carbocycles. The summed E-state index contributed by atoms with van der Waals surface area (Å²) in [6.45, 7) is 4.36. The molecule has 35 heavy (non-hydrogen) atoms. The average molecular weight is 490 g/mol. The fourth-order valence-corrected chi connectivity index (χ4v) is 4.34. The lowest BCUT2D eigenvalue weighted by atomic mass is 10.1. The van der Waals surface area contributed by atoms with Gasteiger partial charge in [0.1, 0.15) is 11.5 Å². The maximum Gasteiger partial charge on any atom is 0.401 e. The molecule has 2 heterocycles. The molecule has 4 rings (SSSR count). The number of halogens is 3. The number of alkyl halides is 3. The molecule has 0 radical (unpaired) electrons. The molecule has 1 aliphatic rings. The lowest BCUT2D eigenvalue weighted by Gasteiger charge is -2.34. The van der Waals surface area contributed by atoms with Crippen molar-refractivity contribution in [2.45, 2.75) is 26.2 Å². The highest BCUT2D eigenvalue weighted by molar-refractivity contribution is 5.81.